The van der Waals surface area contributed by atoms with Crippen molar-refractivity contribution in [3.8, 4) is 5.75 Å². The minimum atomic E-state index is -0.102. The lowest BCUT2D eigenvalue weighted by molar-refractivity contribution is 0.0822. The van der Waals surface area contributed by atoms with E-state index in [0.29, 0.717) is 5.69 Å². The number of piperazine rings is 1. The average Bonchev–Trinajstić information content (AvgIpc) is 2.44. The number of hydrogen-bond donors (Lipinski definition) is 3. The van der Waals surface area contributed by atoms with E-state index in [-0.39, 0.29) is 48.6 Å². The molecule has 1 saturated heterocycles. The SMILES string of the molecule is Cc1ncc(CO)c([C@H](N2CCNCC2)C(C)(C)C)c1O.Cl.Cl. The van der Waals surface area contributed by atoms with Crippen molar-refractivity contribution < 1.29 is 10.2 Å². The van der Waals surface area contributed by atoms with Gasteiger partial charge in [0.25, 0.3) is 0 Å². The maximum atomic E-state index is 10.6. The van der Waals surface area contributed by atoms with Crippen LogP contribution in [-0.2, 0) is 6.61 Å². The fourth-order valence-electron chi connectivity index (χ4n) is 3.19. The van der Waals surface area contributed by atoms with Gasteiger partial charge < -0.3 is 15.5 Å². The van der Waals surface area contributed by atoms with Crippen molar-refractivity contribution in [3.63, 3.8) is 0 Å². The van der Waals surface area contributed by atoms with Gasteiger partial charge in [0.1, 0.15) is 5.75 Å². The van der Waals surface area contributed by atoms with Gasteiger partial charge >= 0.3 is 0 Å². The molecule has 5 nitrogen and oxygen atoms in total. The van der Waals surface area contributed by atoms with Crippen molar-refractivity contribution in [2.24, 2.45) is 5.41 Å². The minimum Gasteiger partial charge on any atom is -0.506 e. The number of aromatic hydroxyl groups is 1. The third-order valence-corrected chi connectivity index (χ3v) is 4.14. The smallest absolute Gasteiger partial charge is 0.141 e. The summed E-state index contributed by atoms with van der Waals surface area (Å²) in [5, 5.41) is 23.6. The van der Waals surface area contributed by atoms with E-state index in [1.807, 2.05) is 0 Å². The summed E-state index contributed by atoms with van der Waals surface area (Å²) in [6.45, 7) is 12.0. The van der Waals surface area contributed by atoms with E-state index >= 15 is 0 Å². The Kier molecular flexibility index (Phi) is 8.81. The molecular weight excluding hydrogens is 337 g/mol. The molecule has 7 heteroatoms. The van der Waals surface area contributed by atoms with Crippen molar-refractivity contribution >= 4 is 24.8 Å². The topological polar surface area (TPSA) is 68.6 Å². The highest BCUT2D eigenvalue weighted by atomic mass is 35.5. The molecule has 1 aliphatic rings. The van der Waals surface area contributed by atoms with Gasteiger partial charge in [-0.3, -0.25) is 9.88 Å². The average molecular weight is 366 g/mol. The summed E-state index contributed by atoms with van der Waals surface area (Å²) in [5.74, 6) is 0.222. The first-order chi connectivity index (χ1) is 9.86. The zero-order valence-electron chi connectivity index (χ0n) is 14.3. The predicted molar refractivity (Wildman–Crippen MR) is 97.7 cm³/mol. The zero-order chi connectivity index (χ0) is 15.6. The van der Waals surface area contributed by atoms with Crippen LogP contribution in [0.4, 0.5) is 0 Å². The number of aromatic nitrogens is 1. The van der Waals surface area contributed by atoms with Crippen LogP contribution in [0.3, 0.4) is 0 Å². The number of rotatable bonds is 3. The summed E-state index contributed by atoms with van der Waals surface area (Å²) in [4.78, 5) is 6.57. The molecule has 2 rings (SSSR count). The number of aryl methyl sites for hydroxylation is 1. The Bertz CT molecular complexity index is 501. The lowest BCUT2D eigenvalue weighted by Crippen LogP contribution is -2.48. The molecule has 0 radical (unpaired) electrons. The summed E-state index contributed by atoms with van der Waals surface area (Å²) in [5.41, 5.74) is 2.12. The monoisotopic (exact) mass is 365 g/mol. The number of aliphatic hydroxyl groups excluding tert-OH is 1. The van der Waals surface area contributed by atoms with Crippen LogP contribution < -0.4 is 5.32 Å². The first-order valence-electron chi connectivity index (χ1n) is 7.59. The van der Waals surface area contributed by atoms with Crippen LogP contribution in [0.25, 0.3) is 0 Å². The van der Waals surface area contributed by atoms with E-state index in [1.165, 1.54) is 0 Å². The van der Waals surface area contributed by atoms with Crippen LogP contribution in [0.15, 0.2) is 6.20 Å². The number of nitrogens with zero attached hydrogens (tertiary/aromatic N) is 2. The molecule has 1 aliphatic heterocycles. The number of nitrogens with one attached hydrogen (secondary N) is 1. The molecule has 0 aliphatic carbocycles. The molecule has 1 aromatic heterocycles. The fraction of sp³-hybridized carbons (Fsp3) is 0.688. The molecule has 0 bridgehead atoms. The summed E-state index contributed by atoms with van der Waals surface area (Å²) >= 11 is 0. The second kappa shape index (κ2) is 9.04. The zero-order valence-corrected chi connectivity index (χ0v) is 15.9. The summed E-state index contributed by atoms with van der Waals surface area (Å²) in [7, 11) is 0. The molecule has 134 valence electrons. The molecule has 0 unspecified atom stereocenters. The molecule has 1 atom stereocenters. The Labute approximate surface area is 151 Å². The molecule has 2 heterocycles. The van der Waals surface area contributed by atoms with E-state index in [2.05, 4.69) is 36.0 Å². The highest BCUT2D eigenvalue weighted by Gasteiger charge is 2.36. The second-order valence-corrected chi connectivity index (χ2v) is 6.84. The molecule has 0 saturated carbocycles. The molecule has 0 spiro atoms. The van der Waals surface area contributed by atoms with E-state index in [4.69, 9.17) is 0 Å². The fourth-order valence-corrected chi connectivity index (χ4v) is 3.19. The number of pyridine rings is 1. The van der Waals surface area contributed by atoms with Crippen molar-refractivity contribution in [3.05, 3.63) is 23.0 Å². The molecule has 0 aromatic carbocycles. The lowest BCUT2D eigenvalue weighted by Gasteiger charge is -2.43. The van der Waals surface area contributed by atoms with E-state index in [0.717, 1.165) is 37.3 Å². The van der Waals surface area contributed by atoms with Crippen LogP contribution in [-0.4, -0.2) is 46.3 Å². The van der Waals surface area contributed by atoms with Gasteiger partial charge in [0, 0.05) is 49.5 Å². The lowest BCUT2D eigenvalue weighted by atomic mass is 9.79. The van der Waals surface area contributed by atoms with Gasteiger partial charge in [-0.05, 0) is 12.3 Å². The van der Waals surface area contributed by atoms with Crippen LogP contribution in [0, 0.1) is 12.3 Å². The van der Waals surface area contributed by atoms with Crippen LogP contribution in [0.5, 0.6) is 5.75 Å². The maximum absolute atomic E-state index is 10.6. The van der Waals surface area contributed by atoms with Gasteiger partial charge in [0.05, 0.1) is 12.3 Å². The number of halogens is 2. The normalized spacial score (nSPS) is 17.1. The largest absolute Gasteiger partial charge is 0.506 e. The first-order valence-corrected chi connectivity index (χ1v) is 7.59. The molecule has 3 N–H and O–H groups in total. The quantitative estimate of drug-likeness (QED) is 0.767. The third kappa shape index (κ3) is 4.94. The Morgan fingerprint density at radius 3 is 2.30 bits per heavy atom. The second-order valence-electron chi connectivity index (χ2n) is 6.84. The van der Waals surface area contributed by atoms with Gasteiger partial charge in [0.15, 0.2) is 0 Å². The molecule has 23 heavy (non-hydrogen) atoms. The van der Waals surface area contributed by atoms with Crippen molar-refractivity contribution in [1.82, 2.24) is 15.2 Å². The Morgan fingerprint density at radius 1 is 1.26 bits per heavy atom. The maximum Gasteiger partial charge on any atom is 0.141 e. The first kappa shape index (κ1) is 22.4. The predicted octanol–water partition coefficient (Wildman–Crippen LogP) is 2.42. The van der Waals surface area contributed by atoms with E-state index in [1.54, 1.807) is 13.1 Å². The third-order valence-electron chi connectivity index (χ3n) is 4.14. The van der Waals surface area contributed by atoms with Crippen molar-refractivity contribution in [1.29, 1.82) is 0 Å². The molecule has 1 aromatic rings. The Balaban J connectivity index is 0.00000242. The van der Waals surface area contributed by atoms with Crippen LogP contribution in [0.2, 0.25) is 0 Å². The van der Waals surface area contributed by atoms with Gasteiger partial charge in [-0.15, -0.1) is 24.8 Å². The molecule has 0 amide bonds. The molecular formula is C16H29Cl2N3O2. The highest BCUT2D eigenvalue weighted by Crippen LogP contribution is 2.43. The standard InChI is InChI=1S/C16H27N3O2.2ClH/c1-11-14(21)13(12(10-20)9-18-11)15(16(2,3)4)19-7-5-17-6-8-19;;/h9,15,17,20-21H,5-8,10H2,1-4H3;2*1H/t15-;;/m0../s1. The number of hydrogen-bond acceptors (Lipinski definition) is 5. The summed E-state index contributed by atoms with van der Waals surface area (Å²) in [6.07, 6.45) is 1.69. The van der Waals surface area contributed by atoms with Crippen LogP contribution in [0.1, 0.15) is 43.6 Å². The van der Waals surface area contributed by atoms with Crippen LogP contribution >= 0.6 is 24.8 Å². The van der Waals surface area contributed by atoms with Gasteiger partial charge in [-0.2, -0.15) is 0 Å². The summed E-state index contributed by atoms with van der Waals surface area (Å²) in [6, 6.07) is 0.0587. The summed E-state index contributed by atoms with van der Waals surface area (Å²) < 4.78 is 0. The Morgan fingerprint density at radius 2 is 1.83 bits per heavy atom. The number of aliphatic hydroxyl groups is 1. The minimum absolute atomic E-state index is 0. The molecule has 1 fully saturated rings. The van der Waals surface area contributed by atoms with Crippen molar-refractivity contribution in [2.75, 3.05) is 26.2 Å². The highest BCUT2D eigenvalue weighted by molar-refractivity contribution is 5.85. The van der Waals surface area contributed by atoms with E-state index in [9.17, 15) is 10.2 Å². The van der Waals surface area contributed by atoms with Gasteiger partial charge in [-0.25, -0.2) is 0 Å². The van der Waals surface area contributed by atoms with E-state index < -0.39 is 0 Å². The Hall–Kier alpha value is -0.590. The van der Waals surface area contributed by atoms with Gasteiger partial charge in [0.2, 0.25) is 0 Å². The van der Waals surface area contributed by atoms with Crippen molar-refractivity contribution in [2.45, 2.75) is 40.3 Å². The van der Waals surface area contributed by atoms with Gasteiger partial charge in [-0.1, -0.05) is 20.8 Å².